The van der Waals surface area contributed by atoms with Crippen LogP contribution in [0.2, 0.25) is 0 Å². The molecule has 0 radical (unpaired) electrons. The summed E-state index contributed by atoms with van der Waals surface area (Å²) in [6.07, 6.45) is 0. The Labute approximate surface area is 111 Å². The largest absolute Gasteiger partial charge is 0.508 e. The fourth-order valence-corrected chi connectivity index (χ4v) is 2.02. The molecule has 0 saturated carbocycles. The third-order valence-corrected chi connectivity index (χ3v) is 2.99. The lowest BCUT2D eigenvalue weighted by molar-refractivity contribution is 0.102. The number of hydrogen-bond acceptors (Lipinski definition) is 3. The lowest BCUT2D eigenvalue weighted by Gasteiger charge is -2.12. The number of aryl methyl sites for hydroxylation is 2. The molecule has 0 unspecified atom stereocenters. The quantitative estimate of drug-likeness (QED) is 0.571. The number of carbonyl (C=O) groups is 1. The summed E-state index contributed by atoms with van der Waals surface area (Å²) < 4.78 is 0. The number of nitrogens with two attached hydrogens (primary N) is 1. The van der Waals surface area contributed by atoms with Crippen LogP contribution in [0.15, 0.2) is 36.4 Å². The van der Waals surface area contributed by atoms with Crippen LogP contribution in [-0.2, 0) is 0 Å². The van der Waals surface area contributed by atoms with Crippen molar-refractivity contribution >= 4 is 17.3 Å². The van der Waals surface area contributed by atoms with Crippen molar-refractivity contribution in [2.75, 3.05) is 11.1 Å². The maximum absolute atomic E-state index is 12.3. The van der Waals surface area contributed by atoms with Crippen molar-refractivity contribution in [1.82, 2.24) is 0 Å². The van der Waals surface area contributed by atoms with Gasteiger partial charge in [0.1, 0.15) is 5.75 Å². The highest BCUT2D eigenvalue weighted by Gasteiger charge is 2.13. The van der Waals surface area contributed by atoms with Crippen molar-refractivity contribution in [2.24, 2.45) is 0 Å². The van der Waals surface area contributed by atoms with Crippen LogP contribution in [-0.4, -0.2) is 11.0 Å². The monoisotopic (exact) mass is 256 g/mol. The average molecular weight is 256 g/mol. The van der Waals surface area contributed by atoms with Gasteiger partial charge in [-0.2, -0.15) is 0 Å². The molecule has 0 spiro atoms. The van der Waals surface area contributed by atoms with Crippen LogP contribution in [0, 0.1) is 13.8 Å². The van der Waals surface area contributed by atoms with Gasteiger partial charge >= 0.3 is 0 Å². The first-order chi connectivity index (χ1) is 8.99. The SMILES string of the molecule is Cc1cccc(C)c1C(=O)Nc1ccc(O)cc1N. The molecule has 2 rings (SSSR count). The highest BCUT2D eigenvalue weighted by molar-refractivity contribution is 6.07. The molecule has 2 aromatic rings. The summed E-state index contributed by atoms with van der Waals surface area (Å²) in [6.45, 7) is 3.78. The van der Waals surface area contributed by atoms with Gasteiger partial charge in [-0.1, -0.05) is 18.2 Å². The molecule has 4 heteroatoms. The summed E-state index contributed by atoms with van der Waals surface area (Å²) in [5, 5.41) is 12.0. The molecule has 0 bridgehead atoms. The second-order valence-corrected chi connectivity index (χ2v) is 4.49. The molecule has 0 aliphatic carbocycles. The zero-order chi connectivity index (χ0) is 14.0. The molecule has 0 heterocycles. The van der Waals surface area contributed by atoms with Gasteiger partial charge in [-0.3, -0.25) is 4.79 Å². The smallest absolute Gasteiger partial charge is 0.256 e. The van der Waals surface area contributed by atoms with Gasteiger partial charge in [0.2, 0.25) is 0 Å². The predicted molar refractivity (Wildman–Crippen MR) is 76.4 cm³/mol. The molecule has 4 nitrogen and oxygen atoms in total. The number of nitrogens with one attached hydrogen (secondary N) is 1. The van der Waals surface area contributed by atoms with Crippen molar-refractivity contribution in [1.29, 1.82) is 0 Å². The molecule has 0 atom stereocenters. The van der Waals surface area contributed by atoms with Crippen molar-refractivity contribution in [3.05, 3.63) is 53.1 Å². The van der Waals surface area contributed by atoms with E-state index in [1.165, 1.54) is 12.1 Å². The molecule has 0 fully saturated rings. The van der Waals surface area contributed by atoms with Gasteiger partial charge in [0.15, 0.2) is 0 Å². The standard InChI is InChI=1S/C15H16N2O2/c1-9-4-3-5-10(2)14(9)15(19)17-13-7-6-11(18)8-12(13)16/h3-8,18H,16H2,1-2H3,(H,17,19). The number of phenolic OH excluding ortho intramolecular Hbond substituents is 1. The Hall–Kier alpha value is -2.49. The Kier molecular flexibility index (Phi) is 3.42. The van der Waals surface area contributed by atoms with Crippen LogP contribution in [0.25, 0.3) is 0 Å². The van der Waals surface area contributed by atoms with E-state index in [1.807, 2.05) is 32.0 Å². The number of benzene rings is 2. The van der Waals surface area contributed by atoms with E-state index in [4.69, 9.17) is 5.73 Å². The van der Waals surface area contributed by atoms with Crippen LogP contribution in [0.3, 0.4) is 0 Å². The third-order valence-electron chi connectivity index (χ3n) is 2.99. The second-order valence-electron chi connectivity index (χ2n) is 4.49. The first kappa shape index (κ1) is 13.0. The normalized spacial score (nSPS) is 10.2. The Balaban J connectivity index is 2.31. The van der Waals surface area contributed by atoms with Crippen LogP contribution in [0.5, 0.6) is 5.75 Å². The summed E-state index contributed by atoms with van der Waals surface area (Å²) in [5.74, 6) is -0.129. The Morgan fingerprint density at radius 1 is 1.16 bits per heavy atom. The predicted octanol–water partition coefficient (Wildman–Crippen LogP) is 2.84. The molecule has 1 amide bonds. The zero-order valence-electron chi connectivity index (χ0n) is 10.9. The molecular weight excluding hydrogens is 240 g/mol. The van der Waals surface area contributed by atoms with E-state index in [9.17, 15) is 9.90 Å². The maximum atomic E-state index is 12.3. The van der Waals surface area contributed by atoms with Gasteiger partial charge in [-0.25, -0.2) is 0 Å². The molecular formula is C15H16N2O2. The number of nitrogen functional groups attached to an aromatic ring is 1. The number of amides is 1. The molecule has 0 aliphatic heterocycles. The van der Waals surface area contributed by atoms with Crippen molar-refractivity contribution in [2.45, 2.75) is 13.8 Å². The van der Waals surface area contributed by atoms with Crippen molar-refractivity contribution in [3.63, 3.8) is 0 Å². The Bertz CT molecular complexity index is 616. The molecule has 0 aromatic heterocycles. The number of carbonyl (C=O) groups excluding carboxylic acids is 1. The summed E-state index contributed by atoms with van der Waals surface area (Å²) >= 11 is 0. The zero-order valence-corrected chi connectivity index (χ0v) is 10.9. The lowest BCUT2D eigenvalue weighted by Crippen LogP contribution is -2.15. The molecule has 2 aromatic carbocycles. The summed E-state index contributed by atoms with van der Waals surface area (Å²) in [5.41, 5.74) is 9.05. The van der Waals surface area contributed by atoms with Gasteiger partial charge in [-0.15, -0.1) is 0 Å². The number of rotatable bonds is 2. The van der Waals surface area contributed by atoms with Gasteiger partial charge in [-0.05, 0) is 37.1 Å². The first-order valence-electron chi connectivity index (χ1n) is 5.95. The van der Waals surface area contributed by atoms with Crippen LogP contribution in [0.1, 0.15) is 21.5 Å². The molecule has 4 N–H and O–H groups in total. The Morgan fingerprint density at radius 2 is 1.79 bits per heavy atom. The number of anilines is 2. The average Bonchev–Trinajstić information content (AvgIpc) is 2.32. The first-order valence-corrected chi connectivity index (χ1v) is 5.95. The fourth-order valence-electron chi connectivity index (χ4n) is 2.02. The minimum Gasteiger partial charge on any atom is -0.508 e. The second kappa shape index (κ2) is 5.02. The van der Waals surface area contributed by atoms with E-state index in [0.29, 0.717) is 16.9 Å². The van der Waals surface area contributed by atoms with Gasteiger partial charge in [0, 0.05) is 11.6 Å². The summed E-state index contributed by atoms with van der Waals surface area (Å²) in [4.78, 5) is 12.3. The topological polar surface area (TPSA) is 75.3 Å². The van der Waals surface area contributed by atoms with Gasteiger partial charge in [0.25, 0.3) is 5.91 Å². The van der Waals surface area contributed by atoms with E-state index in [1.54, 1.807) is 6.07 Å². The Morgan fingerprint density at radius 3 is 2.37 bits per heavy atom. The highest BCUT2D eigenvalue weighted by atomic mass is 16.3. The minimum atomic E-state index is -0.201. The van der Waals surface area contributed by atoms with Crippen LogP contribution in [0.4, 0.5) is 11.4 Å². The van der Waals surface area contributed by atoms with Gasteiger partial charge in [0.05, 0.1) is 11.4 Å². The highest BCUT2D eigenvalue weighted by Crippen LogP contribution is 2.24. The van der Waals surface area contributed by atoms with E-state index >= 15 is 0 Å². The molecule has 19 heavy (non-hydrogen) atoms. The number of hydrogen-bond donors (Lipinski definition) is 3. The lowest BCUT2D eigenvalue weighted by atomic mass is 10.0. The number of aromatic hydroxyl groups is 1. The van der Waals surface area contributed by atoms with Crippen LogP contribution >= 0.6 is 0 Å². The van der Waals surface area contributed by atoms with E-state index < -0.39 is 0 Å². The maximum Gasteiger partial charge on any atom is 0.256 e. The summed E-state index contributed by atoms with van der Waals surface area (Å²) in [6, 6.07) is 10.2. The van der Waals surface area contributed by atoms with Crippen molar-refractivity contribution < 1.29 is 9.90 Å². The van der Waals surface area contributed by atoms with Crippen LogP contribution < -0.4 is 11.1 Å². The van der Waals surface area contributed by atoms with E-state index in [2.05, 4.69) is 5.32 Å². The molecule has 0 saturated heterocycles. The number of phenols is 1. The third kappa shape index (κ3) is 2.68. The summed E-state index contributed by atoms with van der Waals surface area (Å²) in [7, 11) is 0. The van der Waals surface area contributed by atoms with Gasteiger partial charge < -0.3 is 16.2 Å². The molecule has 98 valence electrons. The van der Waals surface area contributed by atoms with E-state index in [-0.39, 0.29) is 11.7 Å². The molecule has 0 aliphatic rings. The van der Waals surface area contributed by atoms with Crippen molar-refractivity contribution in [3.8, 4) is 5.75 Å². The van der Waals surface area contributed by atoms with E-state index in [0.717, 1.165) is 11.1 Å². The fraction of sp³-hybridized carbons (Fsp3) is 0.133. The minimum absolute atomic E-state index is 0.0718.